The van der Waals surface area contributed by atoms with Gasteiger partial charge in [-0.3, -0.25) is 0 Å². The molecule has 0 atom stereocenters. The molecule has 0 spiro atoms. The van der Waals surface area contributed by atoms with Gasteiger partial charge in [-0.15, -0.1) is 0 Å². The first-order valence-corrected chi connectivity index (χ1v) is 16.5. The third kappa shape index (κ3) is 19.4. The molecule has 9 heteroatoms. The first kappa shape index (κ1) is 39.5. The van der Waals surface area contributed by atoms with Gasteiger partial charge < -0.3 is 14.0 Å². The molecule has 0 N–H and O–H groups in total. The van der Waals surface area contributed by atoms with Crippen LogP contribution in [0.2, 0.25) is 0 Å². The van der Waals surface area contributed by atoms with Gasteiger partial charge >= 0.3 is 41.5 Å². The van der Waals surface area contributed by atoms with Crippen molar-refractivity contribution in [3.8, 4) is 0 Å². The zero-order chi connectivity index (χ0) is 29.5. The Morgan fingerprint density at radius 2 is 1.07 bits per heavy atom. The summed E-state index contributed by atoms with van der Waals surface area (Å²) in [5.41, 5.74) is -0.376. The van der Waals surface area contributed by atoms with Gasteiger partial charge in [-0.2, -0.15) is 0 Å². The number of allylic oxidation sites excluding steroid dienone is 4. The summed E-state index contributed by atoms with van der Waals surface area (Å²) in [5, 5.41) is 0. The van der Waals surface area contributed by atoms with Crippen LogP contribution in [0.15, 0.2) is 47.4 Å². The van der Waals surface area contributed by atoms with Gasteiger partial charge in [-0.1, -0.05) is 89.5 Å². The molecule has 7 nitrogen and oxygen atoms in total. The third-order valence-electron chi connectivity index (χ3n) is 6.50. The number of ether oxygens (including phenoxy) is 2. The molecule has 0 heterocycles. The van der Waals surface area contributed by atoms with Gasteiger partial charge in [0.15, 0.2) is 0 Å². The minimum atomic E-state index is -4.81. The van der Waals surface area contributed by atoms with Gasteiger partial charge in [-0.25, -0.2) is 18.0 Å². The first-order valence-electron chi connectivity index (χ1n) is 15.0. The van der Waals surface area contributed by atoms with Crippen LogP contribution in [0.1, 0.15) is 137 Å². The normalized spacial score (nSPS) is 11.6. The molecule has 0 amide bonds. The van der Waals surface area contributed by atoms with Crippen molar-refractivity contribution in [2.75, 3.05) is 13.2 Å². The van der Waals surface area contributed by atoms with E-state index in [2.05, 4.69) is 38.2 Å². The average molecular weight is 601 g/mol. The zero-order valence-electron chi connectivity index (χ0n) is 25.5. The first-order chi connectivity index (χ1) is 19.3. The van der Waals surface area contributed by atoms with Gasteiger partial charge in [0.1, 0.15) is 10.1 Å². The molecule has 0 saturated carbocycles. The van der Waals surface area contributed by atoms with Crippen LogP contribution in [0.5, 0.6) is 0 Å². The molecule has 1 rings (SSSR count). The van der Waals surface area contributed by atoms with Crippen molar-refractivity contribution in [3.05, 3.63) is 53.6 Å². The molecular formula is C32H49NaO7S. The van der Waals surface area contributed by atoms with Crippen LogP contribution >= 0.6 is 0 Å². The van der Waals surface area contributed by atoms with E-state index in [1.807, 2.05) is 0 Å². The molecule has 0 fully saturated rings. The molecule has 0 aliphatic rings. The molecule has 0 saturated heterocycles. The topological polar surface area (TPSA) is 110 Å². The number of rotatable bonds is 23. The Kier molecular flexibility index (Phi) is 24.2. The minimum absolute atomic E-state index is 0. The van der Waals surface area contributed by atoms with Crippen molar-refractivity contribution in [1.29, 1.82) is 0 Å². The van der Waals surface area contributed by atoms with Crippen LogP contribution in [-0.2, 0) is 19.6 Å². The maximum atomic E-state index is 12.7. The summed E-state index contributed by atoms with van der Waals surface area (Å²) in [6.45, 7) is 4.68. The van der Waals surface area contributed by atoms with E-state index in [0.717, 1.165) is 82.4 Å². The summed E-state index contributed by atoms with van der Waals surface area (Å²) in [4.78, 5) is 24.8. The monoisotopic (exact) mass is 600 g/mol. The van der Waals surface area contributed by atoms with Gasteiger partial charge in [-0.05, 0) is 69.6 Å². The average Bonchev–Trinajstić information content (AvgIpc) is 2.93. The number of carbonyl (C=O) groups excluding carboxylic acids is 2. The smallest absolute Gasteiger partial charge is 0.744 e. The molecule has 0 aliphatic heterocycles. The number of esters is 2. The van der Waals surface area contributed by atoms with Crippen molar-refractivity contribution in [2.45, 2.75) is 121 Å². The summed E-state index contributed by atoms with van der Waals surface area (Å²) in [5.74, 6) is -1.59. The summed E-state index contributed by atoms with van der Waals surface area (Å²) >= 11 is 0. The van der Waals surface area contributed by atoms with E-state index < -0.39 is 27.0 Å². The molecular weight excluding hydrogens is 551 g/mol. The van der Waals surface area contributed by atoms with E-state index in [9.17, 15) is 22.6 Å². The maximum absolute atomic E-state index is 12.7. The van der Waals surface area contributed by atoms with Crippen LogP contribution in [0, 0.1) is 0 Å². The van der Waals surface area contributed by atoms with E-state index in [4.69, 9.17) is 9.47 Å². The summed E-state index contributed by atoms with van der Waals surface area (Å²) < 4.78 is 45.1. The fraction of sp³-hybridized carbons (Fsp3) is 0.625. The second kappa shape index (κ2) is 25.1. The summed E-state index contributed by atoms with van der Waals surface area (Å²) in [7, 11) is -4.81. The Morgan fingerprint density at radius 1 is 0.659 bits per heavy atom. The number of carbonyl (C=O) groups is 2. The molecule has 1 aromatic carbocycles. The fourth-order valence-electron chi connectivity index (χ4n) is 4.06. The number of unbranched alkanes of at least 4 members (excludes halogenated alkanes) is 12. The molecule has 0 unspecified atom stereocenters. The SMILES string of the molecule is CCCC/C=C/CCCCCCOC(=O)c1ccc(S(=O)(=O)[O-])cc1C(=O)OCCCCCC/C=C/CCCC.[Na+]. The molecule has 0 aromatic heterocycles. The minimum Gasteiger partial charge on any atom is -0.744 e. The molecule has 1 aromatic rings. The van der Waals surface area contributed by atoms with Crippen molar-refractivity contribution >= 4 is 22.1 Å². The Morgan fingerprint density at radius 3 is 1.51 bits per heavy atom. The molecule has 41 heavy (non-hydrogen) atoms. The number of benzene rings is 1. The van der Waals surface area contributed by atoms with Crippen molar-refractivity contribution in [1.82, 2.24) is 0 Å². The van der Waals surface area contributed by atoms with Crippen LogP contribution < -0.4 is 29.6 Å². The molecule has 0 bridgehead atoms. The van der Waals surface area contributed by atoms with Crippen LogP contribution in [0.25, 0.3) is 0 Å². The summed E-state index contributed by atoms with van der Waals surface area (Å²) in [6, 6.07) is 3.06. The van der Waals surface area contributed by atoms with Crippen LogP contribution in [-0.4, -0.2) is 38.1 Å². The van der Waals surface area contributed by atoms with E-state index in [1.54, 1.807) is 0 Å². The fourth-order valence-corrected chi connectivity index (χ4v) is 4.56. The van der Waals surface area contributed by atoms with Crippen molar-refractivity contribution in [2.24, 2.45) is 0 Å². The van der Waals surface area contributed by atoms with Crippen molar-refractivity contribution < 1.29 is 61.6 Å². The molecule has 0 aliphatic carbocycles. The zero-order valence-corrected chi connectivity index (χ0v) is 28.4. The Bertz CT molecular complexity index is 1020. The number of hydrogen-bond acceptors (Lipinski definition) is 7. The predicted octanol–water partition coefficient (Wildman–Crippen LogP) is 5.30. The van der Waals surface area contributed by atoms with Crippen molar-refractivity contribution in [3.63, 3.8) is 0 Å². The van der Waals surface area contributed by atoms with Gasteiger partial charge in [0.05, 0.1) is 29.2 Å². The largest absolute Gasteiger partial charge is 1.00 e. The number of hydrogen-bond donors (Lipinski definition) is 0. The van der Waals surface area contributed by atoms with Crippen LogP contribution in [0.4, 0.5) is 0 Å². The Labute approximate surface area is 270 Å². The third-order valence-corrected chi connectivity index (χ3v) is 7.33. The maximum Gasteiger partial charge on any atom is 1.00 e. The van der Waals surface area contributed by atoms with Crippen LogP contribution in [0.3, 0.4) is 0 Å². The second-order valence-corrected chi connectivity index (χ2v) is 11.4. The van der Waals surface area contributed by atoms with E-state index in [1.165, 1.54) is 25.7 Å². The van der Waals surface area contributed by atoms with E-state index >= 15 is 0 Å². The van der Waals surface area contributed by atoms with Gasteiger partial charge in [0, 0.05) is 0 Å². The second-order valence-electron chi connectivity index (χ2n) is 10.1. The quantitative estimate of drug-likeness (QED) is 0.0551. The molecule has 0 radical (unpaired) electrons. The predicted molar refractivity (Wildman–Crippen MR) is 158 cm³/mol. The molecule has 226 valence electrons. The standard InChI is InChI=1S/C32H50O7S.Na/c1-3-5-7-9-11-13-15-17-19-21-25-38-31(33)29-24-23-28(40(35,36)37)27-30(29)32(34)39-26-22-20-18-16-14-12-10-8-6-4-2;/h9-12,23-24,27H,3-8,13-22,25-26H2,1-2H3,(H,35,36,37);/q;+1/p-1/b11-9+,12-10+;. The van der Waals surface area contributed by atoms with Gasteiger partial charge in [0.25, 0.3) is 0 Å². The Balaban J connectivity index is 0.0000160. The van der Waals surface area contributed by atoms with E-state index in [-0.39, 0.29) is 53.9 Å². The summed E-state index contributed by atoms with van der Waals surface area (Å²) in [6.07, 6.45) is 25.3. The van der Waals surface area contributed by atoms with Gasteiger partial charge in [0.2, 0.25) is 0 Å². The Hall–Kier alpha value is -1.45. The van der Waals surface area contributed by atoms with E-state index in [0.29, 0.717) is 12.8 Å².